The summed E-state index contributed by atoms with van der Waals surface area (Å²) in [6.45, 7) is 1.44. The Morgan fingerprint density at radius 1 is 1.10 bits per heavy atom. The van der Waals surface area contributed by atoms with Crippen LogP contribution in [0.2, 0.25) is 0 Å². The van der Waals surface area contributed by atoms with Crippen LogP contribution in [-0.2, 0) is 16.1 Å². The first-order valence-electron chi connectivity index (χ1n) is 6.23. The van der Waals surface area contributed by atoms with Crippen LogP contribution >= 0.6 is 0 Å². The minimum Gasteiger partial charge on any atom is -0.461 e. The van der Waals surface area contributed by atoms with Crippen molar-refractivity contribution in [1.29, 1.82) is 0 Å². The maximum atomic E-state index is 12.4. The third kappa shape index (κ3) is 2.05. The number of rotatable bonds is 2. The number of carbonyl (C=O) groups is 1. The monoisotopic (exact) mass is 268 g/mol. The average Bonchev–Trinajstić information content (AvgIpc) is 2.45. The molecule has 0 unspecified atom stereocenters. The SMILES string of the molecule is CC(=O)OCc1cccc2c(=O)c3ccccc3oc12. The lowest BCUT2D eigenvalue weighted by Gasteiger charge is -2.07. The lowest BCUT2D eigenvalue weighted by atomic mass is 10.1. The third-order valence-corrected chi connectivity index (χ3v) is 3.12. The van der Waals surface area contributed by atoms with Gasteiger partial charge in [-0.1, -0.05) is 24.3 Å². The minimum absolute atomic E-state index is 0.0773. The van der Waals surface area contributed by atoms with Crippen molar-refractivity contribution in [3.05, 3.63) is 58.3 Å². The van der Waals surface area contributed by atoms with Gasteiger partial charge >= 0.3 is 5.97 Å². The molecule has 1 aromatic heterocycles. The van der Waals surface area contributed by atoms with E-state index in [2.05, 4.69) is 0 Å². The molecule has 0 radical (unpaired) electrons. The summed E-state index contributed by atoms with van der Waals surface area (Å²) in [7, 11) is 0. The van der Waals surface area contributed by atoms with Crippen LogP contribution in [-0.4, -0.2) is 5.97 Å². The maximum Gasteiger partial charge on any atom is 0.302 e. The first kappa shape index (κ1) is 12.4. The van der Waals surface area contributed by atoms with Gasteiger partial charge < -0.3 is 9.15 Å². The van der Waals surface area contributed by atoms with E-state index in [0.29, 0.717) is 27.5 Å². The quantitative estimate of drug-likeness (QED) is 0.529. The summed E-state index contributed by atoms with van der Waals surface area (Å²) < 4.78 is 10.8. The van der Waals surface area contributed by atoms with Crippen LogP contribution in [0.3, 0.4) is 0 Å². The number of ether oxygens (including phenoxy) is 1. The Hall–Kier alpha value is -2.62. The zero-order valence-corrected chi connectivity index (χ0v) is 10.9. The summed E-state index contributed by atoms with van der Waals surface area (Å²) in [5, 5.41) is 1.04. The molecule has 0 N–H and O–H groups in total. The normalized spacial score (nSPS) is 10.8. The van der Waals surface area contributed by atoms with Gasteiger partial charge in [-0.2, -0.15) is 0 Å². The van der Waals surface area contributed by atoms with E-state index in [9.17, 15) is 9.59 Å². The van der Waals surface area contributed by atoms with Crippen molar-refractivity contribution >= 4 is 27.9 Å². The molecule has 0 saturated carbocycles. The number of carbonyl (C=O) groups excluding carboxylic acids is 1. The standard InChI is InChI=1S/C16H12O4/c1-10(17)19-9-11-5-4-7-13-15(18)12-6-2-3-8-14(12)20-16(11)13/h2-8H,9H2,1H3. The summed E-state index contributed by atoms with van der Waals surface area (Å²) in [6, 6.07) is 12.3. The molecule has 0 aliphatic carbocycles. The van der Waals surface area contributed by atoms with E-state index in [1.54, 1.807) is 36.4 Å². The molecule has 2 aromatic carbocycles. The van der Waals surface area contributed by atoms with Crippen molar-refractivity contribution in [3.63, 3.8) is 0 Å². The summed E-state index contributed by atoms with van der Waals surface area (Å²) >= 11 is 0. The average molecular weight is 268 g/mol. The zero-order valence-electron chi connectivity index (χ0n) is 10.9. The van der Waals surface area contributed by atoms with Gasteiger partial charge in [-0.25, -0.2) is 0 Å². The lowest BCUT2D eigenvalue weighted by molar-refractivity contribution is -0.142. The second-order valence-electron chi connectivity index (χ2n) is 4.50. The highest BCUT2D eigenvalue weighted by Gasteiger charge is 2.11. The van der Waals surface area contributed by atoms with Gasteiger partial charge in [-0.05, 0) is 18.2 Å². The fourth-order valence-electron chi connectivity index (χ4n) is 2.18. The predicted octanol–water partition coefficient (Wildman–Crippen LogP) is 3.01. The van der Waals surface area contributed by atoms with Crippen molar-refractivity contribution < 1.29 is 13.9 Å². The molecule has 0 bridgehead atoms. The molecule has 1 heterocycles. The zero-order chi connectivity index (χ0) is 14.1. The van der Waals surface area contributed by atoms with Gasteiger partial charge in [-0.15, -0.1) is 0 Å². The molecule has 20 heavy (non-hydrogen) atoms. The number of esters is 1. The van der Waals surface area contributed by atoms with Gasteiger partial charge in [-0.3, -0.25) is 9.59 Å². The molecule has 100 valence electrons. The summed E-state index contributed by atoms with van der Waals surface area (Å²) in [5.74, 6) is -0.370. The van der Waals surface area contributed by atoms with Gasteiger partial charge in [0.1, 0.15) is 17.8 Å². The topological polar surface area (TPSA) is 56.5 Å². The minimum atomic E-state index is -0.370. The van der Waals surface area contributed by atoms with E-state index in [4.69, 9.17) is 9.15 Å². The van der Waals surface area contributed by atoms with E-state index in [1.807, 2.05) is 6.07 Å². The Morgan fingerprint density at radius 2 is 1.85 bits per heavy atom. The van der Waals surface area contributed by atoms with Gasteiger partial charge in [0.2, 0.25) is 5.43 Å². The predicted molar refractivity (Wildman–Crippen MR) is 75.5 cm³/mol. The molecule has 0 aliphatic heterocycles. The molecule has 0 atom stereocenters. The van der Waals surface area contributed by atoms with Crippen molar-refractivity contribution in [3.8, 4) is 0 Å². The maximum absolute atomic E-state index is 12.4. The van der Waals surface area contributed by atoms with E-state index in [0.717, 1.165) is 0 Å². The number of hydrogen-bond acceptors (Lipinski definition) is 4. The van der Waals surface area contributed by atoms with Crippen LogP contribution in [0.25, 0.3) is 21.9 Å². The second kappa shape index (κ2) is 4.81. The van der Waals surface area contributed by atoms with Crippen molar-refractivity contribution in [2.75, 3.05) is 0 Å². The van der Waals surface area contributed by atoms with E-state index in [-0.39, 0.29) is 18.0 Å². The lowest BCUT2D eigenvalue weighted by Crippen LogP contribution is -2.05. The van der Waals surface area contributed by atoms with E-state index >= 15 is 0 Å². The number of benzene rings is 2. The number of para-hydroxylation sites is 2. The molecule has 0 spiro atoms. The van der Waals surface area contributed by atoms with Crippen LogP contribution in [0, 0.1) is 0 Å². The molecular weight excluding hydrogens is 256 g/mol. The Labute approximate surface area is 114 Å². The van der Waals surface area contributed by atoms with Crippen molar-refractivity contribution in [2.45, 2.75) is 13.5 Å². The number of hydrogen-bond donors (Lipinski definition) is 0. The van der Waals surface area contributed by atoms with Gasteiger partial charge in [0.25, 0.3) is 0 Å². The fraction of sp³-hybridized carbons (Fsp3) is 0.125. The Balaban J connectivity index is 2.28. The molecule has 0 aliphatic rings. The van der Waals surface area contributed by atoms with Crippen LogP contribution < -0.4 is 5.43 Å². The molecule has 3 aromatic rings. The molecule has 0 saturated heterocycles. The molecular formula is C16H12O4. The smallest absolute Gasteiger partial charge is 0.302 e. The van der Waals surface area contributed by atoms with E-state index < -0.39 is 0 Å². The second-order valence-corrected chi connectivity index (χ2v) is 4.50. The van der Waals surface area contributed by atoms with Crippen molar-refractivity contribution in [2.24, 2.45) is 0 Å². The van der Waals surface area contributed by atoms with Gasteiger partial charge in [0.05, 0.1) is 10.8 Å². The van der Waals surface area contributed by atoms with Crippen LogP contribution in [0.4, 0.5) is 0 Å². The van der Waals surface area contributed by atoms with Crippen LogP contribution in [0.15, 0.2) is 51.7 Å². The first-order valence-corrected chi connectivity index (χ1v) is 6.23. The van der Waals surface area contributed by atoms with Gasteiger partial charge in [0.15, 0.2) is 0 Å². The van der Waals surface area contributed by atoms with Crippen LogP contribution in [0.5, 0.6) is 0 Å². The highest BCUT2D eigenvalue weighted by molar-refractivity contribution is 5.91. The highest BCUT2D eigenvalue weighted by atomic mass is 16.5. The Bertz CT molecular complexity index is 861. The number of fused-ring (bicyclic) bond motifs is 2. The largest absolute Gasteiger partial charge is 0.461 e. The molecule has 4 heteroatoms. The highest BCUT2D eigenvalue weighted by Crippen LogP contribution is 2.22. The third-order valence-electron chi connectivity index (χ3n) is 3.12. The Morgan fingerprint density at radius 3 is 2.65 bits per heavy atom. The molecule has 3 rings (SSSR count). The van der Waals surface area contributed by atoms with E-state index in [1.165, 1.54) is 6.92 Å². The molecule has 0 amide bonds. The fourth-order valence-corrected chi connectivity index (χ4v) is 2.18. The van der Waals surface area contributed by atoms with Gasteiger partial charge in [0, 0.05) is 12.5 Å². The summed E-state index contributed by atoms with van der Waals surface area (Å²) in [6.07, 6.45) is 0. The summed E-state index contributed by atoms with van der Waals surface area (Å²) in [4.78, 5) is 23.3. The Kier molecular flexibility index (Phi) is 2.99. The van der Waals surface area contributed by atoms with Crippen LogP contribution in [0.1, 0.15) is 12.5 Å². The van der Waals surface area contributed by atoms with Crippen molar-refractivity contribution in [1.82, 2.24) is 0 Å². The molecule has 4 nitrogen and oxygen atoms in total. The summed E-state index contributed by atoms with van der Waals surface area (Å²) in [5.41, 5.74) is 1.60. The first-order chi connectivity index (χ1) is 9.66. The molecule has 0 fully saturated rings.